The summed E-state index contributed by atoms with van der Waals surface area (Å²) in [7, 11) is 2.92. The maximum atomic E-state index is 12.0. The predicted molar refractivity (Wildman–Crippen MR) is 90.8 cm³/mol. The average molecular weight is 340 g/mol. The zero-order valence-electron chi connectivity index (χ0n) is 13.7. The molecule has 0 aliphatic carbocycles. The van der Waals surface area contributed by atoms with Crippen LogP contribution in [0.2, 0.25) is 0 Å². The number of hydrogen-bond acceptors (Lipinski definition) is 5. The summed E-state index contributed by atoms with van der Waals surface area (Å²) in [6.45, 7) is 0.194. The molecule has 0 saturated heterocycles. The first kappa shape index (κ1) is 16.4. The second-order valence-electron chi connectivity index (χ2n) is 5.44. The Labute approximate surface area is 141 Å². The number of aryl methyl sites for hydroxylation is 1. The van der Waals surface area contributed by atoms with Gasteiger partial charge in [-0.2, -0.15) is 0 Å². The lowest BCUT2D eigenvalue weighted by molar-refractivity contribution is -0.116. The zero-order chi connectivity index (χ0) is 18.0. The molecule has 1 amide bonds. The first-order chi connectivity index (χ1) is 12.0. The molecule has 0 aliphatic heterocycles. The fourth-order valence-corrected chi connectivity index (χ4v) is 2.35. The molecule has 9 heteroatoms. The monoisotopic (exact) mass is 340 g/mol. The Bertz CT molecular complexity index is 1090. The second kappa shape index (κ2) is 6.56. The van der Waals surface area contributed by atoms with Gasteiger partial charge in [0.2, 0.25) is 5.91 Å². The van der Waals surface area contributed by atoms with Gasteiger partial charge in [-0.3, -0.25) is 18.6 Å². The molecule has 0 spiro atoms. The summed E-state index contributed by atoms with van der Waals surface area (Å²) in [6, 6.07) is 5.51. The number of nitrogens with zero attached hydrogens (tertiary/aromatic N) is 5. The van der Waals surface area contributed by atoms with Crippen LogP contribution >= 0.6 is 0 Å². The molecular weight excluding hydrogens is 324 g/mol. The van der Waals surface area contributed by atoms with Gasteiger partial charge in [-0.25, -0.2) is 4.79 Å². The van der Waals surface area contributed by atoms with E-state index in [1.165, 1.54) is 37.0 Å². The number of nitrogens with one attached hydrogen (secondary N) is 1. The minimum atomic E-state index is -0.462. The quantitative estimate of drug-likeness (QED) is 0.642. The van der Waals surface area contributed by atoms with Crippen molar-refractivity contribution in [2.45, 2.75) is 6.54 Å². The van der Waals surface area contributed by atoms with Crippen LogP contribution in [-0.4, -0.2) is 29.6 Å². The van der Waals surface area contributed by atoms with Gasteiger partial charge in [0.25, 0.3) is 5.56 Å². The topological polar surface area (TPSA) is 103 Å². The third-order valence-corrected chi connectivity index (χ3v) is 3.69. The summed E-state index contributed by atoms with van der Waals surface area (Å²) in [4.78, 5) is 35.6. The van der Waals surface area contributed by atoms with Crippen LogP contribution in [0.3, 0.4) is 0 Å². The largest absolute Gasteiger partial charge is 0.345 e. The second-order valence-corrected chi connectivity index (χ2v) is 5.44. The molecule has 0 atom stereocenters. The normalized spacial score (nSPS) is 11.3. The number of aromatic nitrogens is 5. The fourth-order valence-electron chi connectivity index (χ4n) is 2.35. The number of rotatable bonds is 4. The van der Waals surface area contributed by atoms with Gasteiger partial charge in [0.15, 0.2) is 11.5 Å². The van der Waals surface area contributed by atoms with E-state index in [-0.39, 0.29) is 18.0 Å². The fraction of sp³-hybridized carbons (Fsp3) is 0.188. The highest BCUT2D eigenvalue weighted by atomic mass is 16.2. The minimum absolute atomic E-state index is 0.194. The van der Waals surface area contributed by atoms with Crippen LogP contribution in [0.15, 0.2) is 46.3 Å². The Morgan fingerprint density at radius 1 is 1.24 bits per heavy atom. The van der Waals surface area contributed by atoms with Crippen molar-refractivity contribution in [3.05, 3.63) is 68.9 Å². The summed E-state index contributed by atoms with van der Waals surface area (Å²) < 4.78 is 4.04. The predicted octanol–water partition coefficient (Wildman–Crippen LogP) is -0.544. The number of carbonyl (C=O) groups is 1. The Morgan fingerprint density at radius 2 is 2.04 bits per heavy atom. The standard InChI is InChI=1S/C16H16N6O3/c1-20-10-11(15(24)21(2)16(20)25)6-7-14(23)17-9-13-19-18-12-5-3-4-8-22(12)13/h3-8,10H,9H2,1-2H3,(H,17,23)/b7-6+. The van der Waals surface area contributed by atoms with E-state index in [0.29, 0.717) is 11.5 Å². The van der Waals surface area contributed by atoms with Gasteiger partial charge in [0.05, 0.1) is 12.1 Å². The summed E-state index contributed by atoms with van der Waals surface area (Å²) in [5.41, 5.74) is 0.0459. The van der Waals surface area contributed by atoms with Crippen LogP contribution in [0.5, 0.6) is 0 Å². The van der Waals surface area contributed by atoms with E-state index in [4.69, 9.17) is 0 Å². The van der Waals surface area contributed by atoms with Crippen molar-refractivity contribution in [2.24, 2.45) is 14.1 Å². The van der Waals surface area contributed by atoms with Gasteiger partial charge >= 0.3 is 5.69 Å². The lowest BCUT2D eigenvalue weighted by Crippen LogP contribution is -2.37. The van der Waals surface area contributed by atoms with E-state index in [9.17, 15) is 14.4 Å². The Balaban J connectivity index is 1.72. The molecule has 0 unspecified atom stereocenters. The lowest BCUT2D eigenvalue weighted by atomic mass is 10.3. The molecule has 3 rings (SSSR count). The van der Waals surface area contributed by atoms with Crippen molar-refractivity contribution in [2.75, 3.05) is 0 Å². The van der Waals surface area contributed by atoms with Gasteiger partial charge in [-0.1, -0.05) is 6.07 Å². The summed E-state index contributed by atoms with van der Waals surface area (Å²) >= 11 is 0. The number of carbonyl (C=O) groups excluding carboxylic acids is 1. The zero-order valence-corrected chi connectivity index (χ0v) is 13.7. The molecule has 25 heavy (non-hydrogen) atoms. The first-order valence-electron chi connectivity index (χ1n) is 7.48. The molecule has 3 aromatic rings. The van der Waals surface area contributed by atoms with Crippen molar-refractivity contribution in [3.8, 4) is 0 Å². The molecule has 0 aromatic carbocycles. The van der Waals surface area contributed by atoms with Crippen LogP contribution in [0.1, 0.15) is 11.4 Å². The third kappa shape index (κ3) is 3.25. The van der Waals surface area contributed by atoms with E-state index in [0.717, 1.165) is 4.57 Å². The van der Waals surface area contributed by atoms with Gasteiger partial charge in [-0.15, -0.1) is 10.2 Å². The highest BCUT2D eigenvalue weighted by molar-refractivity contribution is 5.91. The molecule has 0 bridgehead atoms. The third-order valence-electron chi connectivity index (χ3n) is 3.69. The molecule has 0 fully saturated rings. The van der Waals surface area contributed by atoms with E-state index < -0.39 is 11.2 Å². The Hall–Kier alpha value is -3.49. The minimum Gasteiger partial charge on any atom is -0.345 e. The summed E-state index contributed by atoms with van der Waals surface area (Å²) in [6.07, 6.45) is 5.81. The van der Waals surface area contributed by atoms with Crippen molar-refractivity contribution in [1.29, 1.82) is 0 Å². The van der Waals surface area contributed by atoms with E-state index in [1.807, 2.05) is 18.2 Å². The number of fused-ring (bicyclic) bond motifs is 1. The highest BCUT2D eigenvalue weighted by Crippen LogP contribution is 2.02. The van der Waals surface area contributed by atoms with Crippen LogP contribution in [0.4, 0.5) is 0 Å². The smallest absolute Gasteiger partial charge is 0.330 e. The molecule has 0 saturated carbocycles. The number of amides is 1. The Kier molecular flexibility index (Phi) is 4.29. The van der Waals surface area contributed by atoms with Crippen LogP contribution in [-0.2, 0) is 25.4 Å². The number of hydrogen-bond donors (Lipinski definition) is 1. The average Bonchev–Trinajstić information content (AvgIpc) is 3.03. The van der Waals surface area contributed by atoms with Gasteiger partial charge < -0.3 is 9.88 Å². The van der Waals surface area contributed by atoms with Crippen LogP contribution in [0.25, 0.3) is 11.7 Å². The molecular formula is C16H16N6O3. The molecule has 9 nitrogen and oxygen atoms in total. The van der Waals surface area contributed by atoms with Gasteiger partial charge in [-0.05, 0) is 18.2 Å². The van der Waals surface area contributed by atoms with Crippen LogP contribution in [0, 0.1) is 0 Å². The van der Waals surface area contributed by atoms with Gasteiger partial charge in [0.1, 0.15) is 0 Å². The number of pyridine rings is 1. The lowest BCUT2D eigenvalue weighted by Gasteiger charge is -2.03. The maximum absolute atomic E-state index is 12.0. The van der Waals surface area contributed by atoms with Crippen LogP contribution < -0.4 is 16.6 Å². The van der Waals surface area contributed by atoms with Crippen molar-refractivity contribution in [1.82, 2.24) is 29.0 Å². The molecule has 1 N–H and O–H groups in total. The molecule has 0 radical (unpaired) electrons. The van der Waals surface area contributed by atoms with E-state index >= 15 is 0 Å². The van der Waals surface area contributed by atoms with E-state index in [1.54, 1.807) is 10.6 Å². The van der Waals surface area contributed by atoms with Gasteiger partial charge in [0, 0.05) is 32.6 Å². The molecule has 128 valence electrons. The highest BCUT2D eigenvalue weighted by Gasteiger charge is 2.07. The van der Waals surface area contributed by atoms with Crippen molar-refractivity contribution < 1.29 is 4.79 Å². The summed E-state index contributed by atoms with van der Waals surface area (Å²) in [5.74, 6) is 0.207. The van der Waals surface area contributed by atoms with Crippen molar-refractivity contribution in [3.63, 3.8) is 0 Å². The molecule has 0 aliphatic rings. The Morgan fingerprint density at radius 3 is 2.84 bits per heavy atom. The first-order valence-corrected chi connectivity index (χ1v) is 7.48. The molecule has 3 heterocycles. The molecule has 3 aromatic heterocycles. The summed E-state index contributed by atoms with van der Waals surface area (Å²) in [5, 5.41) is 10.7. The van der Waals surface area contributed by atoms with Crippen molar-refractivity contribution >= 4 is 17.6 Å². The van der Waals surface area contributed by atoms with E-state index in [2.05, 4.69) is 15.5 Å². The maximum Gasteiger partial charge on any atom is 0.330 e. The SMILES string of the molecule is Cn1cc(/C=C/C(=O)NCc2nnc3ccccn23)c(=O)n(C)c1=O.